The molecule has 0 aromatic heterocycles. The predicted molar refractivity (Wildman–Crippen MR) is 85.7 cm³/mol. The van der Waals surface area contributed by atoms with Gasteiger partial charge in [0.1, 0.15) is 6.04 Å². The Hall–Kier alpha value is -0.300. The number of carbonyl (C=O) groups is 1. The van der Waals surface area contributed by atoms with Crippen molar-refractivity contribution in [2.75, 3.05) is 50.9 Å². The predicted octanol–water partition coefficient (Wildman–Crippen LogP) is 0.453. The summed E-state index contributed by atoms with van der Waals surface area (Å²) in [5.74, 6) is 2.56. The van der Waals surface area contributed by atoms with E-state index in [1.807, 2.05) is 11.8 Å². The second kappa shape index (κ2) is 7.31. The molecule has 2 heterocycles. The van der Waals surface area contributed by atoms with Crippen molar-refractivity contribution in [3.05, 3.63) is 0 Å². The van der Waals surface area contributed by atoms with Gasteiger partial charge in [0.05, 0.1) is 13.2 Å². The molecule has 0 spiro atoms. The maximum absolute atomic E-state index is 12.3. The van der Waals surface area contributed by atoms with Gasteiger partial charge in [-0.05, 0) is 12.8 Å². The van der Waals surface area contributed by atoms with E-state index >= 15 is 0 Å². The minimum absolute atomic E-state index is 0.104. The van der Waals surface area contributed by atoms with Gasteiger partial charge in [-0.25, -0.2) is 0 Å². The van der Waals surface area contributed by atoms with Gasteiger partial charge in [-0.15, -0.1) is 0 Å². The van der Waals surface area contributed by atoms with Gasteiger partial charge < -0.3 is 15.4 Å². The number of ether oxygens (including phenoxy) is 1. The molecule has 2 aliphatic heterocycles. The fraction of sp³-hybridized carbons (Fsp3) is 0.933. The average Bonchev–Trinajstić information content (AvgIpc) is 3.04. The summed E-state index contributed by atoms with van der Waals surface area (Å²) in [5, 5.41) is 6.43. The number of hydrogen-bond donors (Lipinski definition) is 2. The molecular formula is C15H27N3O2S. The monoisotopic (exact) mass is 313 g/mol. The summed E-state index contributed by atoms with van der Waals surface area (Å²) in [6, 6.07) is -0.172. The highest BCUT2D eigenvalue weighted by molar-refractivity contribution is 7.99. The Balaban J connectivity index is 1.56. The molecule has 5 nitrogen and oxygen atoms in total. The molecule has 1 amide bonds. The van der Waals surface area contributed by atoms with Gasteiger partial charge in [0.15, 0.2) is 0 Å². The smallest absolute Gasteiger partial charge is 0.239 e. The maximum Gasteiger partial charge on any atom is 0.239 e. The van der Waals surface area contributed by atoms with E-state index in [1.165, 1.54) is 50.3 Å². The largest absolute Gasteiger partial charge is 0.378 e. The van der Waals surface area contributed by atoms with Crippen molar-refractivity contribution >= 4 is 17.7 Å². The highest BCUT2D eigenvalue weighted by Gasteiger charge is 2.40. The minimum Gasteiger partial charge on any atom is -0.378 e. The van der Waals surface area contributed by atoms with Crippen molar-refractivity contribution in [1.82, 2.24) is 15.5 Å². The third-order valence-electron chi connectivity index (χ3n) is 5.05. The summed E-state index contributed by atoms with van der Waals surface area (Å²) in [6.45, 7) is 5.12. The number of nitrogens with one attached hydrogen (secondary N) is 2. The first-order valence-electron chi connectivity index (χ1n) is 8.22. The fourth-order valence-corrected chi connectivity index (χ4v) is 4.69. The van der Waals surface area contributed by atoms with E-state index in [0.717, 1.165) is 13.1 Å². The van der Waals surface area contributed by atoms with Crippen molar-refractivity contribution in [2.45, 2.75) is 37.3 Å². The first-order valence-corrected chi connectivity index (χ1v) is 9.37. The van der Waals surface area contributed by atoms with E-state index in [1.54, 1.807) is 0 Å². The molecule has 3 fully saturated rings. The molecule has 0 aromatic carbocycles. The fourth-order valence-electron chi connectivity index (χ4n) is 3.78. The maximum atomic E-state index is 12.3. The molecule has 2 N–H and O–H groups in total. The summed E-state index contributed by atoms with van der Waals surface area (Å²) >= 11 is 2.05. The van der Waals surface area contributed by atoms with E-state index in [2.05, 4.69) is 15.5 Å². The quantitative estimate of drug-likeness (QED) is 0.789. The average molecular weight is 313 g/mol. The van der Waals surface area contributed by atoms with E-state index < -0.39 is 0 Å². The van der Waals surface area contributed by atoms with Crippen molar-refractivity contribution in [2.24, 2.45) is 0 Å². The lowest BCUT2D eigenvalue weighted by Gasteiger charge is -2.43. The Labute approximate surface area is 131 Å². The highest BCUT2D eigenvalue weighted by Crippen LogP contribution is 2.36. The van der Waals surface area contributed by atoms with Crippen LogP contribution in [0.15, 0.2) is 0 Å². The second-order valence-corrected chi connectivity index (χ2v) is 7.56. The van der Waals surface area contributed by atoms with Crippen molar-refractivity contribution in [3.63, 3.8) is 0 Å². The van der Waals surface area contributed by atoms with Crippen LogP contribution >= 0.6 is 11.8 Å². The molecule has 120 valence electrons. The topological polar surface area (TPSA) is 53.6 Å². The van der Waals surface area contributed by atoms with E-state index in [9.17, 15) is 4.79 Å². The van der Waals surface area contributed by atoms with Crippen LogP contribution < -0.4 is 10.6 Å². The van der Waals surface area contributed by atoms with Crippen LogP contribution in [-0.4, -0.2) is 73.3 Å². The number of hydrogen-bond acceptors (Lipinski definition) is 5. The highest BCUT2D eigenvalue weighted by atomic mass is 32.2. The lowest BCUT2D eigenvalue weighted by atomic mass is 9.94. The van der Waals surface area contributed by atoms with Crippen molar-refractivity contribution in [3.8, 4) is 0 Å². The molecule has 1 saturated carbocycles. The van der Waals surface area contributed by atoms with Gasteiger partial charge in [0, 0.05) is 43.2 Å². The lowest BCUT2D eigenvalue weighted by Crippen LogP contribution is -2.59. The third-order valence-corrected chi connectivity index (χ3v) is 5.99. The Bertz CT molecular complexity index is 349. The van der Waals surface area contributed by atoms with Gasteiger partial charge in [-0.3, -0.25) is 9.69 Å². The lowest BCUT2D eigenvalue weighted by molar-refractivity contribution is -0.126. The van der Waals surface area contributed by atoms with Gasteiger partial charge in [-0.1, -0.05) is 12.8 Å². The third kappa shape index (κ3) is 3.73. The zero-order chi connectivity index (χ0) is 14.5. The van der Waals surface area contributed by atoms with Crippen LogP contribution in [0.1, 0.15) is 25.7 Å². The normalized spacial score (nSPS) is 30.2. The minimum atomic E-state index is -0.172. The SMILES string of the molecule is O=C(NCC1(N2CCSCC2)CCCC1)C1COCCN1. The molecule has 21 heavy (non-hydrogen) atoms. The van der Waals surface area contributed by atoms with E-state index in [-0.39, 0.29) is 17.5 Å². The van der Waals surface area contributed by atoms with Gasteiger partial charge in [0.2, 0.25) is 5.91 Å². The van der Waals surface area contributed by atoms with Crippen LogP contribution in [0.2, 0.25) is 0 Å². The molecule has 0 bridgehead atoms. The Morgan fingerprint density at radius 1 is 1.33 bits per heavy atom. The summed E-state index contributed by atoms with van der Waals surface area (Å²) < 4.78 is 5.38. The van der Waals surface area contributed by atoms with Crippen LogP contribution in [0.25, 0.3) is 0 Å². The Kier molecular flexibility index (Phi) is 5.43. The summed E-state index contributed by atoms with van der Waals surface area (Å²) in [5.41, 5.74) is 0.214. The van der Waals surface area contributed by atoms with E-state index in [4.69, 9.17) is 4.74 Å². The van der Waals surface area contributed by atoms with Crippen LogP contribution in [0.3, 0.4) is 0 Å². The summed E-state index contributed by atoms with van der Waals surface area (Å²) in [6.07, 6.45) is 5.05. The van der Waals surface area contributed by atoms with Crippen LogP contribution in [-0.2, 0) is 9.53 Å². The van der Waals surface area contributed by atoms with Crippen LogP contribution in [0, 0.1) is 0 Å². The Morgan fingerprint density at radius 3 is 2.76 bits per heavy atom. The number of amides is 1. The van der Waals surface area contributed by atoms with Crippen LogP contribution in [0.5, 0.6) is 0 Å². The van der Waals surface area contributed by atoms with Gasteiger partial charge in [-0.2, -0.15) is 11.8 Å². The molecule has 3 aliphatic rings. The number of nitrogens with zero attached hydrogens (tertiary/aromatic N) is 1. The first kappa shape index (κ1) is 15.6. The number of morpholine rings is 1. The number of rotatable bonds is 4. The molecular weight excluding hydrogens is 286 g/mol. The molecule has 0 aromatic rings. The number of carbonyl (C=O) groups excluding carboxylic acids is 1. The molecule has 1 unspecified atom stereocenters. The molecule has 2 saturated heterocycles. The van der Waals surface area contributed by atoms with Crippen molar-refractivity contribution in [1.29, 1.82) is 0 Å². The van der Waals surface area contributed by atoms with Crippen molar-refractivity contribution < 1.29 is 9.53 Å². The van der Waals surface area contributed by atoms with E-state index in [0.29, 0.717) is 13.2 Å². The first-order chi connectivity index (χ1) is 10.3. The van der Waals surface area contributed by atoms with Gasteiger partial charge >= 0.3 is 0 Å². The zero-order valence-corrected chi connectivity index (χ0v) is 13.6. The molecule has 3 rings (SSSR count). The molecule has 6 heteroatoms. The number of thioether (sulfide) groups is 1. The molecule has 1 aliphatic carbocycles. The van der Waals surface area contributed by atoms with Gasteiger partial charge in [0.25, 0.3) is 0 Å². The zero-order valence-electron chi connectivity index (χ0n) is 12.7. The standard InChI is InChI=1S/C15H27N3O2S/c19-14(13-11-20-8-5-16-13)17-12-15(3-1-2-4-15)18-6-9-21-10-7-18/h13,16H,1-12H2,(H,17,19). The molecule has 1 atom stereocenters. The summed E-state index contributed by atoms with van der Waals surface area (Å²) in [4.78, 5) is 14.9. The Morgan fingerprint density at radius 2 is 2.10 bits per heavy atom. The summed E-state index contributed by atoms with van der Waals surface area (Å²) in [7, 11) is 0. The second-order valence-electron chi connectivity index (χ2n) is 6.33. The van der Waals surface area contributed by atoms with Crippen LogP contribution in [0.4, 0.5) is 0 Å². The molecule has 0 radical (unpaired) electrons.